The summed E-state index contributed by atoms with van der Waals surface area (Å²) in [5, 5.41) is 6.20. The number of hydrogen-bond acceptors (Lipinski definition) is 4. The standard InChI is InChI=1S/C14H21N3OS/c1-11(17(2)12-6-4-3-5-7-12)8-15-14(18)13-9-19-10-16-13/h3-7,11,13,16H,8-10H2,1-2H3,(H,15,18). The Bertz CT molecular complexity index is 406. The van der Waals surface area contributed by atoms with Crippen LogP contribution in [0.25, 0.3) is 0 Å². The van der Waals surface area contributed by atoms with E-state index < -0.39 is 0 Å². The number of carbonyl (C=O) groups excluding carboxylic acids is 1. The van der Waals surface area contributed by atoms with Gasteiger partial charge in [-0.15, -0.1) is 11.8 Å². The first kappa shape index (κ1) is 14.2. The second-order valence-corrected chi connectivity index (χ2v) is 5.84. The lowest BCUT2D eigenvalue weighted by atomic mass is 10.2. The molecule has 5 heteroatoms. The molecule has 1 saturated heterocycles. The minimum atomic E-state index is -0.0285. The summed E-state index contributed by atoms with van der Waals surface area (Å²) in [6, 6.07) is 10.4. The molecule has 0 aromatic heterocycles. The lowest BCUT2D eigenvalue weighted by molar-refractivity contribution is -0.122. The van der Waals surface area contributed by atoms with Gasteiger partial charge in [0, 0.05) is 37.0 Å². The van der Waals surface area contributed by atoms with Gasteiger partial charge in [-0.25, -0.2) is 0 Å². The summed E-state index contributed by atoms with van der Waals surface area (Å²) in [4.78, 5) is 14.1. The van der Waals surface area contributed by atoms with Gasteiger partial charge in [-0.2, -0.15) is 0 Å². The van der Waals surface area contributed by atoms with Crippen molar-refractivity contribution in [2.75, 3.05) is 30.1 Å². The van der Waals surface area contributed by atoms with Gasteiger partial charge in [0.1, 0.15) is 0 Å². The minimum Gasteiger partial charge on any atom is -0.370 e. The van der Waals surface area contributed by atoms with E-state index in [-0.39, 0.29) is 18.0 Å². The van der Waals surface area contributed by atoms with Gasteiger partial charge in [0.25, 0.3) is 0 Å². The van der Waals surface area contributed by atoms with E-state index in [2.05, 4.69) is 41.6 Å². The van der Waals surface area contributed by atoms with Crippen molar-refractivity contribution in [2.24, 2.45) is 0 Å². The smallest absolute Gasteiger partial charge is 0.238 e. The number of carbonyl (C=O) groups is 1. The predicted molar refractivity (Wildman–Crippen MR) is 81.6 cm³/mol. The zero-order valence-corrected chi connectivity index (χ0v) is 12.2. The zero-order chi connectivity index (χ0) is 13.7. The van der Waals surface area contributed by atoms with Crippen LogP contribution in [0.2, 0.25) is 0 Å². The Kier molecular flexibility index (Phi) is 5.10. The Labute approximate surface area is 118 Å². The summed E-state index contributed by atoms with van der Waals surface area (Å²) in [6.07, 6.45) is 0. The molecule has 2 unspecified atom stereocenters. The quantitative estimate of drug-likeness (QED) is 0.852. The molecule has 0 bridgehead atoms. The van der Waals surface area contributed by atoms with Gasteiger partial charge in [0.2, 0.25) is 5.91 Å². The highest BCUT2D eigenvalue weighted by Crippen LogP contribution is 2.14. The fourth-order valence-electron chi connectivity index (χ4n) is 1.99. The Morgan fingerprint density at radius 3 is 2.89 bits per heavy atom. The highest BCUT2D eigenvalue weighted by molar-refractivity contribution is 7.99. The highest BCUT2D eigenvalue weighted by Gasteiger charge is 2.22. The van der Waals surface area contributed by atoms with Crippen LogP contribution < -0.4 is 15.5 Å². The molecule has 2 atom stereocenters. The summed E-state index contributed by atoms with van der Waals surface area (Å²) in [7, 11) is 2.05. The van der Waals surface area contributed by atoms with Gasteiger partial charge in [-0.1, -0.05) is 18.2 Å². The molecule has 1 aliphatic heterocycles. The van der Waals surface area contributed by atoms with Crippen LogP contribution in [-0.4, -0.2) is 43.2 Å². The summed E-state index contributed by atoms with van der Waals surface area (Å²) >= 11 is 1.77. The number of para-hydroxylation sites is 1. The fraction of sp³-hybridized carbons (Fsp3) is 0.500. The van der Waals surface area contributed by atoms with Gasteiger partial charge in [-0.3, -0.25) is 10.1 Å². The van der Waals surface area contributed by atoms with E-state index in [1.165, 1.54) is 5.69 Å². The molecule has 1 fully saturated rings. The van der Waals surface area contributed by atoms with Crippen LogP contribution >= 0.6 is 11.8 Å². The third kappa shape index (κ3) is 3.88. The average molecular weight is 279 g/mol. The number of anilines is 1. The SMILES string of the molecule is CC(CNC(=O)C1CSCN1)N(C)c1ccccc1. The van der Waals surface area contributed by atoms with Crippen molar-refractivity contribution in [3.8, 4) is 0 Å². The van der Waals surface area contributed by atoms with Crippen molar-refractivity contribution in [1.29, 1.82) is 0 Å². The Morgan fingerprint density at radius 1 is 1.53 bits per heavy atom. The van der Waals surface area contributed by atoms with E-state index in [9.17, 15) is 4.79 Å². The topological polar surface area (TPSA) is 44.4 Å². The molecule has 1 amide bonds. The molecule has 0 saturated carbocycles. The van der Waals surface area contributed by atoms with Crippen LogP contribution in [0.1, 0.15) is 6.92 Å². The number of rotatable bonds is 5. The van der Waals surface area contributed by atoms with Crippen molar-refractivity contribution in [3.63, 3.8) is 0 Å². The second-order valence-electron chi connectivity index (χ2n) is 4.81. The maximum Gasteiger partial charge on any atom is 0.238 e. The first-order valence-corrected chi connectivity index (χ1v) is 7.70. The molecule has 19 heavy (non-hydrogen) atoms. The van der Waals surface area contributed by atoms with Crippen LogP contribution in [-0.2, 0) is 4.79 Å². The Morgan fingerprint density at radius 2 is 2.26 bits per heavy atom. The predicted octanol–water partition coefficient (Wildman–Crippen LogP) is 1.29. The van der Waals surface area contributed by atoms with Gasteiger partial charge in [0.15, 0.2) is 0 Å². The minimum absolute atomic E-state index is 0.0285. The average Bonchev–Trinajstić information content (AvgIpc) is 2.98. The molecule has 2 N–H and O–H groups in total. The third-order valence-corrected chi connectivity index (χ3v) is 4.37. The normalized spacial score (nSPS) is 20.0. The first-order chi connectivity index (χ1) is 9.18. The lowest BCUT2D eigenvalue weighted by Crippen LogP contribution is -2.47. The van der Waals surface area contributed by atoms with Crippen LogP contribution in [0.5, 0.6) is 0 Å². The number of nitrogens with one attached hydrogen (secondary N) is 2. The van der Waals surface area contributed by atoms with E-state index in [1.807, 2.05) is 18.2 Å². The van der Waals surface area contributed by atoms with E-state index in [4.69, 9.17) is 0 Å². The van der Waals surface area contributed by atoms with Gasteiger partial charge >= 0.3 is 0 Å². The molecule has 0 spiro atoms. The largest absolute Gasteiger partial charge is 0.370 e. The number of nitrogens with zero attached hydrogens (tertiary/aromatic N) is 1. The molecule has 1 aromatic rings. The molecule has 2 rings (SSSR count). The van der Waals surface area contributed by atoms with Crippen LogP contribution in [0, 0.1) is 0 Å². The van der Waals surface area contributed by atoms with Gasteiger partial charge in [-0.05, 0) is 19.1 Å². The van der Waals surface area contributed by atoms with E-state index in [1.54, 1.807) is 11.8 Å². The number of likely N-dealkylation sites (N-methyl/N-ethyl adjacent to an activating group) is 1. The summed E-state index contributed by atoms with van der Waals surface area (Å²) in [5.74, 6) is 1.85. The number of hydrogen-bond donors (Lipinski definition) is 2. The molecular formula is C14H21N3OS. The lowest BCUT2D eigenvalue weighted by Gasteiger charge is -2.27. The van der Waals surface area contributed by atoms with Crippen molar-refractivity contribution in [1.82, 2.24) is 10.6 Å². The maximum atomic E-state index is 11.9. The zero-order valence-electron chi connectivity index (χ0n) is 11.4. The maximum absolute atomic E-state index is 11.9. The van der Waals surface area contributed by atoms with E-state index >= 15 is 0 Å². The van der Waals surface area contributed by atoms with Gasteiger partial charge in [0.05, 0.1) is 6.04 Å². The van der Waals surface area contributed by atoms with Crippen molar-refractivity contribution in [2.45, 2.75) is 19.0 Å². The first-order valence-electron chi connectivity index (χ1n) is 6.55. The second kappa shape index (κ2) is 6.82. The van der Waals surface area contributed by atoms with Gasteiger partial charge < -0.3 is 10.2 Å². The van der Waals surface area contributed by atoms with E-state index in [0.717, 1.165) is 11.6 Å². The van der Waals surface area contributed by atoms with Crippen molar-refractivity contribution in [3.05, 3.63) is 30.3 Å². The van der Waals surface area contributed by atoms with Crippen molar-refractivity contribution >= 4 is 23.4 Å². The number of benzene rings is 1. The molecule has 0 radical (unpaired) electrons. The molecule has 1 aliphatic rings. The monoisotopic (exact) mass is 279 g/mol. The van der Waals surface area contributed by atoms with E-state index in [0.29, 0.717) is 6.54 Å². The summed E-state index contributed by atoms with van der Waals surface area (Å²) in [6.45, 7) is 2.77. The molecule has 104 valence electrons. The summed E-state index contributed by atoms with van der Waals surface area (Å²) < 4.78 is 0. The number of amides is 1. The third-order valence-electron chi connectivity index (χ3n) is 3.43. The van der Waals surface area contributed by atoms with Crippen LogP contribution in [0.4, 0.5) is 5.69 Å². The molecule has 0 aliphatic carbocycles. The Balaban J connectivity index is 1.80. The number of thioether (sulfide) groups is 1. The molecular weight excluding hydrogens is 258 g/mol. The highest BCUT2D eigenvalue weighted by atomic mass is 32.2. The Hall–Kier alpha value is -1.20. The van der Waals surface area contributed by atoms with Crippen LogP contribution in [0.3, 0.4) is 0 Å². The molecule has 1 aromatic carbocycles. The molecule has 4 nitrogen and oxygen atoms in total. The summed E-state index contributed by atoms with van der Waals surface area (Å²) in [5.41, 5.74) is 1.17. The fourth-order valence-corrected chi connectivity index (χ4v) is 2.93. The molecule has 1 heterocycles. The van der Waals surface area contributed by atoms with Crippen molar-refractivity contribution < 1.29 is 4.79 Å². The van der Waals surface area contributed by atoms with Crippen LogP contribution in [0.15, 0.2) is 30.3 Å².